The Bertz CT molecular complexity index is 531. The minimum absolute atomic E-state index is 0.685. The summed E-state index contributed by atoms with van der Waals surface area (Å²) in [7, 11) is 1.70. The lowest BCUT2D eigenvalue weighted by Crippen LogP contribution is -1.95. The van der Waals surface area contributed by atoms with Crippen molar-refractivity contribution < 1.29 is 4.74 Å². The van der Waals surface area contributed by atoms with Crippen LogP contribution in [-0.4, -0.2) is 13.7 Å². The summed E-state index contributed by atoms with van der Waals surface area (Å²) in [4.78, 5) is 0. The smallest absolute Gasteiger partial charge is 0.126 e. The average Bonchev–Trinajstić information content (AvgIpc) is 2.39. The molecular formula is C15H17NO. The first-order valence-electron chi connectivity index (χ1n) is 5.79. The number of hydrogen-bond acceptors (Lipinski definition) is 2. The number of hydrogen-bond donors (Lipinski definition) is 1. The topological polar surface area (TPSA) is 35.2 Å². The van der Waals surface area contributed by atoms with Gasteiger partial charge in [-0.3, -0.25) is 0 Å². The zero-order chi connectivity index (χ0) is 12.1. The number of rotatable bonds is 4. The lowest BCUT2D eigenvalue weighted by molar-refractivity contribution is 0.420. The van der Waals surface area contributed by atoms with Crippen LogP contribution in [-0.2, 0) is 0 Å². The molecule has 0 unspecified atom stereocenters. The van der Waals surface area contributed by atoms with Gasteiger partial charge in [-0.15, -0.1) is 0 Å². The summed E-state index contributed by atoms with van der Waals surface area (Å²) in [5.74, 6) is 0.913. The van der Waals surface area contributed by atoms with Crippen molar-refractivity contribution in [3.8, 4) is 5.75 Å². The van der Waals surface area contributed by atoms with Gasteiger partial charge in [0.25, 0.3) is 0 Å². The Hall–Kier alpha value is -1.80. The number of benzene rings is 2. The van der Waals surface area contributed by atoms with Crippen LogP contribution >= 0.6 is 0 Å². The Kier molecular flexibility index (Phi) is 3.78. The summed E-state index contributed by atoms with van der Waals surface area (Å²) in [5, 5.41) is 2.35. The van der Waals surface area contributed by atoms with E-state index in [1.807, 2.05) is 18.2 Å². The molecule has 0 fully saturated rings. The van der Waals surface area contributed by atoms with Crippen molar-refractivity contribution >= 4 is 16.8 Å². The molecule has 0 aliphatic heterocycles. The molecule has 0 atom stereocenters. The molecule has 2 N–H and O–H groups in total. The predicted molar refractivity (Wildman–Crippen MR) is 73.2 cm³/mol. The van der Waals surface area contributed by atoms with E-state index in [4.69, 9.17) is 10.5 Å². The van der Waals surface area contributed by atoms with Gasteiger partial charge in [0.05, 0.1) is 7.11 Å². The van der Waals surface area contributed by atoms with E-state index in [1.54, 1.807) is 7.11 Å². The predicted octanol–water partition coefficient (Wildman–Crippen LogP) is 3.21. The van der Waals surface area contributed by atoms with Crippen molar-refractivity contribution in [1.82, 2.24) is 0 Å². The van der Waals surface area contributed by atoms with Gasteiger partial charge in [0.15, 0.2) is 0 Å². The van der Waals surface area contributed by atoms with E-state index < -0.39 is 0 Å². The monoisotopic (exact) mass is 227 g/mol. The number of fused-ring (bicyclic) bond motifs is 1. The molecule has 2 aromatic rings. The molecule has 17 heavy (non-hydrogen) atoms. The van der Waals surface area contributed by atoms with Gasteiger partial charge in [0.2, 0.25) is 0 Å². The second kappa shape index (κ2) is 5.51. The lowest BCUT2D eigenvalue weighted by Gasteiger charge is -2.07. The largest absolute Gasteiger partial charge is 0.496 e. The average molecular weight is 227 g/mol. The molecule has 0 saturated heterocycles. The standard InChI is InChI=1S/C15H17NO/c1-17-15-10-9-12(6-4-5-11-16)13-7-2-3-8-14(13)15/h2-4,6-10H,5,11,16H2,1H3. The summed E-state index contributed by atoms with van der Waals surface area (Å²) in [6.07, 6.45) is 5.13. The first kappa shape index (κ1) is 11.7. The van der Waals surface area contributed by atoms with Gasteiger partial charge >= 0.3 is 0 Å². The van der Waals surface area contributed by atoms with Crippen molar-refractivity contribution in [2.24, 2.45) is 5.73 Å². The maximum absolute atomic E-state index is 5.48. The molecule has 2 nitrogen and oxygen atoms in total. The van der Waals surface area contributed by atoms with Gasteiger partial charge < -0.3 is 10.5 Å². The molecule has 88 valence electrons. The van der Waals surface area contributed by atoms with Crippen molar-refractivity contribution in [2.45, 2.75) is 6.42 Å². The summed E-state index contributed by atoms with van der Waals surface area (Å²) in [6.45, 7) is 0.685. The van der Waals surface area contributed by atoms with Crippen LogP contribution in [0.15, 0.2) is 42.5 Å². The third-order valence-electron chi connectivity index (χ3n) is 2.77. The zero-order valence-electron chi connectivity index (χ0n) is 10.0. The molecular weight excluding hydrogens is 210 g/mol. The molecule has 0 aliphatic rings. The highest BCUT2D eigenvalue weighted by Crippen LogP contribution is 2.28. The van der Waals surface area contributed by atoms with Gasteiger partial charge in [-0.2, -0.15) is 0 Å². The fraction of sp³-hybridized carbons (Fsp3) is 0.200. The molecule has 0 saturated carbocycles. The molecule has 2 rings (SSSR count). The molecule has 0 bridgehead atoms. The van der Waals surface area contributed by atoms with Gasteiger partial charge in [-0.25, -0.2) is 0 Å². The molecule has 0 radical (unpaired) electrons. The van der Waals surface area contributed by atoms with Crippen LogP contribution in [0.5, 0.6) is 5.75 Å². The fourth-order valence-corrected chi connectivity index (χ4v) is 1.92. The molecule has 0 heterocycles. The highest BCUT2D eigenvalue weighted by molar-refractivity contribution is 5.94. The minimum atomic E-state index is 0.685. The van der Waals surface area contributed by atoms with E-state index in [0.29, 0.717) is 6.54 Å². The summed E-state index contributed by atoms with van der Waals surface area (Å²) in [6, 6.07) is 12.3. The maximum Gasteiger partial charge on any atom is 0.126 e. The van der Waals surface area contributed by atoms with Crippen molar-refractivity contribution in [2.75, 3.05) is 13.7 Å². The van der Waals surface area contributed by atoms with E-state index in [2.05, 4.69) is 30.4 Å². The van der Waals surface area contributed by atoms with Gasteiger partial charge in [-0.05, 0) is 30.0 Å². The Morgan fingerprint density at radius 2 is 1.88 bits per heavy atom. The first-order valence-corrected chi connectivity index (χ1v) is 5.79. The van der Waals surface area contributed by atoms with Gasteiger partial charge in [0, 0.05) is 5.39 Å². The van der Waals surface area contributed by atoms with E-state index in [-0.39, 0.29) is 0 Å². The second-order valence-corrected chi connectivity index (χ2v) is 3.88. The normalized spacial score (nSPS) is 11.2. The fourth-order valence-electron chi connectivity index (χ4n) is 1.92. The molecule has 2 aromatic carbocycles. The Balaban J connectivity index is 2.51. The van der Waals surface area contributed by atoms with E-state index >= 15 is 0 Å². The second-order valence-electron chi connectivity index (χ2n) is 3.88. The minimum Gasteiger partial charge on any atom is -0.496 e. The summed E-state index contributed by atoms with van der Waals surface area (Å²) in [5.41, 5.74) is 6.68. The highest BCUT2D eigenvalue weighted by atomic mass is 16.5. The summed E-state index contributed by atoms with van der Waals surface area (Å²) >= 11 is 0. The molecule has 0 amide bonds. The van der Waals surface area contributed by atoms with E-state index in [1.165, 1.54) is 10.9 Å². The molecule has 0 spiro atoms. The Morgan fingerprint density at radius 3 is 2.59 bits per heavy atom. The highest BCUT2D eigenvalue weighted by Gasteiger charge is 2.03. The van der Waals surface area contributed by atoms with Crippen LogP contribution in [0.3, 0.4) is 0 Å². The van der Waals surface area contributed by atoms with Crippen LogP contribution in [0, 0.1) is 0 Å². The Morgan fingerprint density at radius 1 is 1.12 bits per heavy atom. The van der Waals surface area contributed by atoms with Crippen LogP contribution in [0.4, 0.5) is 0 Å². The SMILES string of the molecule is COc1ccc(C=CCCN)c2ccccc12. The van der Waals surface area contributed by atoms with Gasteiger partial charge in [0.1, 0.15) is 5.75 Å². The van der Waals surface area contributed by atoms with Crippen LogP contribution in [0.2, 0.25) is 0 Å². The zero-order valence-corrected chi connectivity index (χ0v) is 10.0. The molecule has 0 aromatic heterocycles. The van der Waals surface area contributed by atoms with Gasteiger partial charge in [-0.1, -0.05) is 42.5 Å². The first-order chi connectivity index (χ1) is 8.36. The van der Waals surface area contributed by atoms with Crippen molar-refractivity contribution in [3.05, 3.63) is 48.0 Å². The number of nitrogens with two attached hydrogens (primary N) is 1. The van der Waals surface area contributed by atoms with Crippen molar-refractivity contribution in [3.63, 3.8) is 0 Å². The lowest BCUT2D eigenvalue weighted by atomic mass is 10.0. The third-order valence-corrected chi connectivity index (χ3v) is 2.77. The summed E-state index contributed by atoms with van der Waals surface area (Å²) < 4.78 is 5.36. The van der Waals surface area contributed by atoms with E-state index in [0.717, 1.165) is 17.6 Å². The van der Waals surface area contributed by atoms with E-state index in [9.17, 15) is 0 Å². The Labute approximate surface area is 102 Å². The van der Waals surface area contributed by atoms with Crippen molar-refractivity contribution in [1.29, 1.82) is 0 Å². The third kappa shape index (κ3) is 2.48. The van der Waals surface area contributed by atoms with Crippen LogP contribution in [0.25, 0.3) is 16.8 Å². The molecule has 0 aliphatic carbocycles. The number of ether oxygens (including phenoxy) is 1. The van der Waals surface area contributed by atoms with Crippen LogP contribution in [0.1, 0.15) is 12.0 Å². The quantitative estimate of drug-likeness (QED) is 0.870. The molecule has 2 heteroatoms. The maximum atomic E-state index is 5.48. The van der Waals surface area contributed by atoms with Crippen LogP contribution < -0.4 is 10.5 Å². The number of methoxy groups -OCH3 is 1.